The molecule has 42 heavy (non-hydrogen) atoms. The summed E-state index contributed by atoms with van der Waals surface area (Å²) >= 11 is 0. The first-order valence-electron chi connectivity index (χ1n) is 13.3. The van der Waals surface area contributed by atoms with E-state index in [1.165, 1.54) is 30.6 Å². The third-order valence-electron chi connectivity index (χ3n) is 6.82. The third-order valence-corrected chi connectivity index (χ3v) is 6.82. The number of aromatic nitrogens is 4. The van der Waals surface area contributed by atoms with E-state index in [0.29, 0.717) is 30.4 Å². The fourth-order valence-corrected chi connectivity index (χ4v) is 4.96. The second-order valence-electron chi connectivity index (χ2n) is 11.1. The summed E-state index contributed by atoms with van der Waals surface area (Å²) < 4.78 is 50.1. The zero-order chi connectivity index (χ0) is 30.2. The van der Waals surface area contributed by atoms with E-state index in [1.54, 1.807) is 15.7 Å². The lowest BCUT2D eigenvalue weighted by Gasteiger charge is -2.33. The Morgan fingerprint density at radius 1 is 1.17 bits per heavy atom. The van der Waals surface area contributed by atoms with Crippen molar-refractivity contribution in [2.45, 2.75) is 39.7 Å². The van der Waals surface area contributed by atoms with E-state index < -0.39 is 17.5 Å². The Labute approximate surface area is 240 Å². The monoisotopic (exact) mass is 575 g/mol. The van der Waals surface area contributed by atoms with Gasteiger partial charge in [-0.2, -0.15) is 14.8 Å². The number of nitrogen functional groups attached to an aromatic ring is 1. The Kier molecular flexibility index (Phi) is 7.60. The molecule has 1 amide bonds. The lowest BCUT2D eigenvalue weighted by molar-refractivity contribution is -0.128. The maximum Gasteiger partial charge on any atom is 0.264 e. The van der Waals surface area contributed by atoms with Crippen molar-refractivity contribution in [2.75, 3.05) is 18.8 Å². The highest BCUT2D eigenvalue weighted by Crippen LogP contribution is 2.37. The number of nitrogens with two attached hydrogens (primary N) is 1. The highest BCUT2D eigenvalue weighted by atomic mass is 19.2. The topological polar surface area (TPSA) is 123 Å². The Morgan fingerprint density at radius 3 is 2.67 bits per heavy atom. The number of piperidine rings is 1. The lowest BCUT2D eigenvalue weighted by Crippen LogP contribution is -2.41. The number of rotatable bonds is 5. The van der Waals surface area contributed by atoms with E-state index in [0.717, 1.165) is 12.1 Å². The number of hydrogen-bond acceptors (Lipinski definition) is 7. The molecule has 3 heterocycles. The second kappa shape index (κ2) is 11.2. The number of anilines is 1. The van der Waals surface area contributed by atoms with Gasteiger partial charge in [0.25, 0.3) is 5.91 Å². The van der Waals surface area contributed by atoms with Gasteiger partial charge in [-0.15, -0.1) is 0 Å². The van der Waals surface area contributed by atoms with Crippen molar-refractivity contribution in [1.29, 1.82) is 5.26 Å². The molecule has 2 N–H and O–H groups in total. The zero-order valence-corrected chi connectivity index (χ0v) is 23.2. The summed E-state index contributed by atoms with van der Waals surface area (Å²) in [5.41, 5.74) is 6.53. The Bertz CT molecular complexity index is 1750. The highest BCUT2D eigenvalue weighted by Gasteiger charge is 2.31. The van der Waals surface area contributed by atoms with Crippen LogP contribution in [0.3, 0.4) is 0 Å². The number of ether oxygens (including phenoxy) is 1. The SMILES string of the molecule is CC(C)(C)C=C(C#N)C(=O)N1CCC[C@H](n2nc(-c3ccc(Oc4cccc(F)c4F)cc3F)c3c(N)ncnc32)C1. The zero-order valence-electron chi connectivity index (χ0n) is 23.2. The average Bonchev–Trinajstić information content (AvgIpc) is 3.34. The molecule has 0 saturated carbocycles. The first kappa shape index (κ1) is 28.6. The van der Waals surface area contributed by atoms with Crippen LogP contribution < -0.4 is 10.5 Å². The number of halogens is 3. The normalized spacial score (nSPS) is 16.0. The van der Waals surface area contributed by atoms with Gasteiger partial charge >= 0.3 is 0 Å². The molecule has 0 unspecified atom stereocenters. The molecule has 0 radical (unpaired) electrons. The van der Waals surface area contributed by atoms with Crippen molar-refractivity contribution >= 4 is 22.8 Å². The van der Waals surface area contributed by atoms with Crippen molar-refractivity contribution in [3.05, 3.63) is 71.8 Å². The largest absolute Gasteiger partial charge is 0.454 e. The number of hydrogen-bond donors (Lipinski definition) is 1. The van der Waals surface area contributed by atoms with Crippen LogP contribution in [0.5, 0.6) is 11.5 Å². The number of carbonyl (C=O) groups excluding carboxylic acids is 1. The number of allylic oxidation sites excluding steroid dienone is 1. The Balaban J connectivity index is 1.49. The molecule has 1 saturated heterocycles. The standard InChI is InChI=1S/C30H28F3N7O2/c1-30(2,3)13-17(14-34)29(41)39-11-5-6-18(15-39)40-28-24(27(35)36-16-37-28)26(38-40)20-10-9-19(12-22(20)32)42-23-8-4-7-21(31)25(23)33/h4,7-10,12-13,16,18H,5-6,11,15H2,1-3H3,(H2,35,36,37)/t18-/m0/s1. The predicted octanol–water partition coefficient (Wildman–Crippen LogP) is 5.94. The molecule has 0 aliphatic carbocycles. The molecule has 2 aromatic heterocycles. The smallest absolute Gasteiger partial charge is 0.264 e. The summed E-state index contributed by atoms with van der Waals surface area (Å²) in [4.78, 5) is 23.3. The minimum atomic E-state index is -1.19. The van der Waals surface area contributed by atoms with Gasteiger partial charge in [-0.3, -0.25) is 4.79 Å². The van der Waals surface area contributed by atoms with Gasteiger partial charge in [0, 0.05) is 24.7 Å². The Morgan fingerprint density at radius 2 is 1.95 bits per heavy atom. The van der Waals surface area contributed by atoms with E-state index in [-0.39, 0.29) is 58.1 Å². The summed E-state index contributed by atoms with van der Waals surface area (Å²) in [5.74, 6) is -3.73. The number of nitriles is 1. The summed E-state index contributed by atoms with van der Waals surface area (Å²) in [6, 6.07) is 8.99. The molecule has 0 spiro atoms. The first-order chi connectivity index (χ1) is 20.0. The quantitative estimate of drug-likeness (QED) is 0.231. The van der Waals surface area contributed by atoms with Gasteiger partial charge in [-0.05, 0) is 42.5 Å². The van der Waals surface area contributed by atoms with Crippen molar-refractivity contribution in [2.24, 2.45) is 5.41 Å². The van der Waals surface area contributed by atoms with Crippen molar-refractivity contribution in [3.8, 4) is 28.8 Å². The summed E-state index contributed by atoms with van der Waals surface area (Å²) in [7, 11) is 0. The molecule has 1 atom stereocenters. The van der Waals surface area contributed by atoms with Crippen molar-refractivity contribution < 1.29 is 22.7 Å². The minimum Gasteiger partial charge on any atom is -0.454 e. The van der Waals surface area contributed by atoms with Crippen LogP contribution in [0, 0.1) is 34.2 Å². The molecular weight excluding hydrogens is 547 g/mol. The van der Waals surface area contributed by atoms with Crippen LogP contribution in [0.1, 0.15) is 39.7 Å². The lowest BCUT2D eigenvalue weighted by atomic mass is 9.93. The number of likely N-dealkylation sites (tertiary alicyclic amines) is 1. The van der Waals surface area contributed by atoms with E-state index in [4.69, 9.17) is 10.5 Å². The molecule has 0 bridgehead atoms. The number of benzene rings is 2. The van der Waals surface area contributed by atoms with Crippen LogP contribution >= 0.6 is 0 Å². The maximum atomic E-state index is 15.5. The van der Waals surface area contributed by atoms with Gasteiger partial charge in [0.05, 0.1) is 11.4 Å². The number of amides is 1. The van der Waals surface area contributed by atoms with Gasteiger partial charge in [-0.25, -0.2) is 23.4 Å². The molecule has 216 valence electrons. The van der Waals surface area contributed by atoms with Crippen LogP contribution in [0.15, 0.2) is 54.4 Å². The van der Waals surface area contributed by atoms with Crippen LogP contribution in [0.4, 0.5) is 19.0 Å². The van der Waals surface area contributed by atoms with E-state index in [2.05, 4.69) is 15.1 Å². The average molecular weight is 576 g/mol. The van der Waals surface area contributed by atoms with E-state index >= 15 is 4.39 Å². The van der Waals surface area contributed by atoms with Crippen LogP contribution in [-0.2, 0) is 4.79 Å². The van der Waals surface area contributed by atoms with Crippen molar-refractivity contribution in [1.82, 2.24) is 24.6 Å². The third kappa shape index (κ3) is 5.63. The number of carbonyl (C=O) groups is 1. The fraction of sp³-hybridized carbons (Fsp3) is 0.300. The second-order valence-corrected chi connectivity index (χ2v) is 11.1. The van der Waals surface area contributed by atoms with Crippen molar-refractivity contribution in [3.63, 3.8) is 0 Å². The summed E-state index contributed by atoms with van der Waals surface area (Å²) in [6.07, 6.45) is 4.25. The molecule has 1 aliphatic heterocycles. The molecule has 12 heteroatoms. The predicted molar refractivity (Wildman–Crippen MR) is 150 cm³/mol. The van der Waals surface area contributed by atoms with Crippen LogP contribution in [0.25, 0.3) is 22.3 Å². The summed E-state index contributed by atoms with van der Waals surface area (Å²) in [6.45, 7) is 6.47. The Hall–Kier alpha value is -4.92. The fourth-order valence-electron chi connectivity index (χ4n) is 4.96. The highest BCUT2D eigenvalue weighted by molar-refractivity contribution is 5.99. The molecule has 2 aromatic carbocycles. The minimum absolute atomic E-state index is 0.0493. The van der Waals surface area contributed by atoms with Gasteiger partial charge in [-0.1, -0.05) is 32.9 Å². The van der Waals surface area contributed by atoms with Crippen LogP contribution in [-0.4, -0.2) is 43.6 Å². The molecule has 1 fully saturated rings. The molecular formula is C30H28F3N7O2. The molecule has 1 aliphatic rings. The van der Waals surface area contributed by atoms with E-state index in [1.807, 2.05) is 26.8 Å². The van der Waals surface area contributed by atoms with Gasteiger partial charge in [0.15, 0.2) is 17.2 Å². The van der Waals surface area contributed by atoms with Gasteiger partial charge < -0.3 is 15.4 Å². The molecule has 4 aromatic rings. The number of fused-ring (bicyclic) bond motifs is 1. The maximum absolute atomic E-state index is 15.5. The first-order valence-corrected chi connectivity index (χ1v) is 13.3. The summed E-state index contributed by atoms with van der Waals surface area (Å²) in [5, 5.41) is 14.7. The molecule has 9 nitrogen and oxygen atoms in total. The number of nitrogens with zero attached hydrogens (tertiary/aromatic N) is 6. The van der Waals surface area contributed by atoms with E-state index in [9.17, 15) is 18.8 Å². The molecule has 5 rings (SSSR count). The van der Waals surface area contributed by atoms with Gasteiger partial charge in [0.2, 0.25) is 5.82 Å². The van der Waals surface area contributed by atoms with Gasteiger partial charge in [0.1, 0.15) is 41.0 Å². The van der Waals surface area contributed by atoms with Crippen LogP contribution in [0.2, 0.25) is 0 Å².